The summed E-state index contributed by atoms with van der Waals surface area (Å²) >= 11 is 0. The molecule has 4 atom stereocenters. The van der Waals surface area contributed by atoms with Gasteiger partial charge in [0.1, 0.15) is 0 Å². The van der Waals surface area contributed by atoms with E-state index >= 15 is 0 Å². The smallest absolute Gasteiger partial charge is 0.00732 e. The SMILES string of the molecule is CC1CCC(C(N)CC2Cc3ccccc32)C1. The molecule has 0 aromatic heterocycles. The van der Waals surface area contributed by atoms with Crippen molar-refractivity contribution in [2.75, 3.05) is 0 Å². The summed E-state index contributed by atoms with van der Waals surface area (Å²) in [6.45, 7) is 2.37. The molecule has 1 heteroatoms. The van der Waals surface area contributed by atoms with Gasteiger partial charge in [-0.05, 0) is 54.6 Å². The van der Waals surface area contributed by atoms with Gasteiger partial charge in [-0.2, -0.15) is 0 Å². The molecule has 0 saturated heterocycles. The van der Waals surface area contributed by atoms with Gasteiger partial charge in [-0.3, -0.25) is 0 Å². The minimum absolute atomic E-state index is 0.429. The van der Waals surface area contributed by atoms with Crippen molar-refractivity contribution in [1.29, 1.82) is 0 Å². The third kappa shape index (κ3) is 2.13. The fourth-order valence-corrected chi connectivity index (χ4v) is 3.73. The van der Waals surface area contributed by atoms with Gasteiger partial charge in [0.25, 0.3) is 0 Å². The zero-order valence-electron chi connectivity index (χ0n) is 10.7. The maximum absolute atomic E-state index is 6.41. The molecule has 0 spiro atoms. The Bertz CT molecular complexity index is 398. The van der Waals surface area contributed by atoms with E-state index in [1.54, 1.807) is 11.1 Å². The Labute approximate surface area is 104 Å². The van der Waals surface area contributed by atoms with E-state index in [-0.39, 0.29) is 0 Å². The van der Waals surface area contributed by atoms with Crippen molar-refractivity contribution in [3.05, 3.63) is 35.4 Å². The number of hydrogen-bond donors (Lipinski definition) is 1. The molecule has 0 bridgehead atoms. The molecule has 1 saturated carbocycles. The van der Waals surface area contributed by atoms with Crippen LogP contribution >= 0.6 is 0 Å². The van der Waals surface area contributed by atoms with Gasteiger partial charge in [-0.25, -0.2) is 0 Å². The molecular formula is C16H23N. The summed E-state index contributed by atoms with van der Waals surface area (Å²) in [6.07, 6.45) is 6.56. The van der Waals surface area contributed by atoms with Crippen LogP contribution in [0.4, 0.5) is 0 Å². The lowest BCUT2D eigenvalue weighted by atomic mass is 9.73. The van der Waals surface area contributed by atoms with Crippen LogP contribution in [-0.4, -0.2) is 6.04 Å². The molecular weight excluding hydrogens is 206 g/mol. The van der Waals surface area contributed by atoms with Crippen molar-refractivity contribution in [3.8, 4) is 0 Å². The molecule has 2 aliphatic rings. The van der Waals surface area contributed by atoms with E-state index < -0.39 is 0 Å². The lowest BCUT2D eigenvalue weighted by molar-refractivity contribution is 0.362. The first kappa shape index (κ1) is 11.3. The summed E-state index contributed by atoms with van der Waals surface area (Å²) in [6, 6.07) is 9.28. The molecule has 0 amide bonds. The highest BCUT2D eigenvalue weighted by Crippen LogP contribution is 2.41. The van der Waals surface area contributed by atoms with Gasteiger partial charge < -0.3 is 5.73 Å². The van der Waals surface area contributed by atoms with Crippen molar-refractivity contribution in [2.45, 2.75) is 51.0 Å². The summed E-state index contributed by atoms with van der Waals surface area (Å²) in [5, 5.41) is 0. The topological polar surface area (TPSA) is 26.0 Å². The van der Waals surface area contributed by atoms with Gasteiger partial charge in [0.15, 0.2) is 0 Å². The monoisotopic (exact) mass is 229 g/mol. The number of fused-ring (bicyclic) bond motifs is 1. The molecule has 1 fully saturated rings. The van der Waals surface area contributed by atoms with Gasteiger partial charge in [-0.1, -0.05) is 37.6 Å². The Morgan fingerprint density at radius 2 is 2.12 bits per heavy atom. The molecule has 0 radical (unpaired) electrons. The number of rotatable bonds is 3. The highest BCUT2D eigenvalue weighted by atomic mass is 14.7. The molecule has 17 heavy (non-hydrogen) atoms. The fourth-order valence-electron chi connectivity index (χ4n) is 3.73. The molecule has 2 aliphatic carbocycles. The highest BCUT2D eigenvalue weighted by molar-refractivity contribution is 5.39. The molecule has 1 aromatic carbocycles. The Hall–Kier alpha value is -0.820. The highest BCUT2D eigenvalue weighted by Gasteiger charge is 2.32. The molecule has 1 aromatic rings. The summed E-state index contributed by atoms with van der Waals surface area (Å²) in [5.74, 6) is 2.44. The largest absolute Gasteiger partial charge is 0.327 e. The molecule has 92 valence electrons. The number of nitrogens with two attached hydrogens (primary N) is 1. The van der Waals surface area contributed by atoms with Crippen LogP contribution in [0.2, 0.25) is 0 Å². The number of benzene rings is 1. The van der Waals surface area contributed by atoms with E-state index in [4.69, 9.17) is 5.73 Å². The molecule has 2 N–H and O–H groups in total. The predicted octanol–water partition coefficient (Wildman–Crippen LogP) is 3.48. The Morgan fingerprint density at radius 1 is 1.29 bits per heavy atom. The van der Waals surface area contributed by atoms with Crippen LogP contribution in [0.3, 0.4) is 0 Å². The first-order valence-corrected chi connectivity index (χ1v) is 7.07. The second kappa shape index (κ2) is 4.45. The zero-order valence-corrected chi connectivity index (χ0v) is 10.7. The fraction of sp³-hybridized carbons (Fsp3) is 0.625. The van der Waals surface area contributed by atoms with E-state index in [0.717, 1.165) is 17.8 Å². The second-order valence-corrected chi connectivity index (χ2v) is 6.18. The molecule has 3 rings (SSSR count). The minimum atomic E-state index is 0.429. The third-order valence-corrected chi connectivity index (χ3v) is 4.86. The van der Waals surface area contributed by atoms with Crippen LogP contribution in [-0.2, 0) is 6.42 Å². The minimum Gasteiger partial charge on any atom is -0.327 e. The average Bonchev–Trinajstić information content (AvgIpc) is 2.73. The Balaban J connectivity index is 1.59. The first-order chi connectivity index (χ1) is 8.24. The summed E-state index contributed by atoms with van der Waals surface area (Å²) < 4.78 is 0. The van der Waals surface area contributed by atoms with Crippen molar-refractivity contribution in [2.24, 2.45) is 17.6 Å². The van der Waals surface area contributed by atoms with Crippen LogP contribution in [0, 0.1) is 11.8 Å². The van der Waals surface area contributed by atoms with Crippen molar-refractivity contribution >= 4 is 0 Å². The second-order valence-electron chi connectivity index (χ2n) is 6.18. The van der Waals surface area contributed by atoms with E-state index in [9.17, 15) is 0 Å². The third-order valence-electron chi connectivity index (χ3n) is 4.86. The molecule has 4 unspecified atom stereocenters. The van der Waals surface area contributed by atoms with Crippen LogP contribution in [0.15, 0.2) is 24.3 Å². The van der Waals surface area contributed by atoms with Crippen molar-refractivity contribution in [3.63, 3.8) is 0 Å². The van der Waals surface area contributed by atoms with Gasteiger partial charge in [-0.15, -0.1) is 0 Å². The summed E-state index contributed by atoms with van der Waals surface area (Å²) in [7, 11) is 0. The van der Waals surface area contributed by atoms with Crippen LogP contribution in [0.5, 0.6) is 0 Å². The van der Waals surface area contributed by atoms with Gasteiger partial charge >= 0.3 is 0 Å². The van der Waals surface area contributed by atoms with E-state index in [0.29, 0.717) is 6.04 Å². The molecule has 0 aliphatic heterocycles. The summed E-state index contributed by atoms with van der Waals surface area (Å²) in [5.41, 5.74) is 9.52. The summed E-state index contributed by atoms with van der Waals surface area (Å²) in [4.78, 5) is 0. The average molecular weight is 229 g/mol. The van der Waals surface area contributed by atoms with E-state index in [1.165, 1.54) is 32.1 Å². The Kier molecular flexibility index (Phi) is 2.96. The van der Waals surface area contributed by atoms with Crippen molar-refractivity contribution < 1.29 is 0 Å². The van der Waals surface area contributed by atoms with Crippen LogP contribution in [0.1, 0.15) is 49.7 Å². The molecule has 1 nitrogen and oxygen atoms in total. The standard InChI is InChI=1S/C16H23N/c1-11-6-7-13(8-11)16(17)10-14-9-12-4-2-3-5-15(12)14/h2-5,11,13-14,16H,6-10,17H2,1H3. The van der Waals surface area contributed by atoms with Gasteiger partial charge in [0.2, 0.25) is 0 Å². The Morgan fingerprint density at radius 3 is 2.82 bits per heavy atom. The normalized spacial score (nSPS) is 32.9. The van der Waals surface area contributed by atoms with E-state index in [2.05, 4.69) is 31.2 Å². The zero-order chi connectivity index (χ0) is 11.8. The maximum atomic E-state index is 6.41. The van der Waals surface area contributed by atoms with Crippen LogP contribution < -0.4 is 5.73 Å². The first-order valence-electron chi connectivity index (χ1n) is 7.07. The molecule has 0 heterocycles. The lowest BCUT2D eigenvalue weighted by Gasteiger charge is -2.33. The maximum Gasteiger partial charge on any atom is 0.00732 e. The predicted molar refractivity (Wildman–Crippen MR) is 72.0 cm³/mol. The van der Waals surface area contributed by atoms with Gasteiger partial charge in [0, 0.05) is 6.04 Å². The van der Waals surface area contributed by atoms with E-state index in [1.807, 2.05) is 0 Å². The van der Waals surface area contributed by atoms with Crippen molar-refractivity contribution in [1.82, 2.24) is 0 Å². The lowest BCUT2D eigenvalue weighted by Crippen LogP contribution is -2.33. The number of hydrogen-bond acceptors (Lipinski definition) is 1. The van der Waals surface area contributed by atoms with Gasteiger partial charge in [0.05, 0.1) is 0 Å². The quantitative estimate of drug-likeness (QED) is 0.843. The van der Waals surface area contributed by atoms with Crippen LogP contribution in [0.25, 0.3) is 0 Å².